The second-order valence-electron chi connectivity index (χ2n) is 4.99. The zero-order valence-electron chi connectivity index (χ0n) is 11.2. The first kappa shape index (κ1) is 15.5. The van der Waals surface area contributed by atoms with Crippen LogP contribution in [0.5, 0.6) is 0 Å². The molecule has 7 nitrogen and oxygen atoms in total. The number of carboxylic acids is 1. The van der Waals surface area contributed by atoms with Gasteiger partial charge in [-0.05, 0) is 5.56 Å². The van der Waals surface area contributed by atoms with E-state index in [1.165, 1.54) is 4.90 Å². The van der Waals surface area contributed by atoms with E-state index in [0.717, 1.165) is 0 Å². The monoisotopic (exact) mass is 312 g/mol. The quantitative estimate of drug-likeness (QED) is 0.799. The summed E-state index contributed by atoms with van der Waals surface area (Å²) in [6.07, 6.45) is -0.491. The molecule has 2 unspecified atom stereocenters. The number of rotatable bonds is 5. The van der Waals surface area contributed by atoms with Crippen LogP contribution < -0.4 is 5.14 Å². The Balaban J connectivity index is 2.30. The lowest BCUT2D eigenvalue weighted by molar-refractivity contribution is -0.139. The molecule has 0 spiro atoms. The van der Waals surface area contributed by atoms with Gasteiger partial charge in [-0.3, -0.25) is 9.59 Å². The fourth-order valence-electron chi connectivity index (χ4n) is 2.47. The van der Waals surface area contributed by atoms with E-state index in [1.807, 2.05) is 0 Å². The Labute approximate surface area is 122 Å². The first-order chi connectivity index (χ1) is 9.79. The van der Waals surface area contributed by atoms with Gasteiger partial charge in [-0.15, -0.1) is 0 Å². The van der Waals surface area contributed by atoms with Gasteiger partial charge in [0.25, 0.3) is 0 Å². The molecule has 0 aromatic heterocycles. The number of sulfonamides is 1. The van der Waals surface area contributed by atoms with E-state index in [-0.39, 0.29) is 19.4 Å². The minimum absolute atomic E-state index is 0.0789. The van der Waals surface area contributed by atoms with Crippen LogP contribution >= 0.6 is 0 Å². The maximum absolute atomic E-state index is 12.0. The van der Waals surface area contributed by atoms with Crippen molar-refractivity contribution in [3.63, 3.8) is 0 Å². The molecule has 2 atom stereocenters. The van der Waals surface area contributed by atoms with Crippen molar-refractivity contribution in [1.82, 2.24) is 4.90 Å². The average Bonchev–Trinajstić information content (AvgIpc) is 2.79. The molecule has 1 aliphatic heterocycles. The Morgan fingerprint density at radius 3 is 2.48 bits per heavy atom. The summed E-state index contributed by atoms with van der Waals surface area (Å²) < 4.78 is 22.8. The molecule has 0 aliphatic carbocycles. The van der Waals surface area contributed by atoms with Gasteiger partial charge in [0.05, 0.1) is 12.5 Å². The van der Waals surface area contributed by atoms with E-state index in [4.69, 9.17) is 10.2 Å². The molecule has 0 bridgehead atoms. The first-order valence-corrected chi connectivity index (χ1v) is 7.98. The predicted molar refractivity (Wildman–Crippen MR) is 74.7 cm³/mol. The number of carbonyl (C=O) groups excluding carboxylic acids is 1. The molecular formula is C13H16N2O5S. The summed E-state index contributed by atoms with van der Waals surface area (Å²) in [5, 5.41) is 13.1. The Bertz CT molecular complexity index is 644. The number of aliphatic carboxylic acids is 1. The molecule has 1 saturated heterocycles. The molecule has 2 rings (SSSR count). The standard InChI is InChI=1S/C13H16N2O5S/c14-21(19,20)10-6-12(16)15(8-10)11(7-13(17)18)9-4-2-1-3-5-9/h1-5,10-11H,6-8H2,(H,17,18)(H2,14,19,20). The van der Waals surface area contributed by atoms with Crippen LogP contribution in [0, 0.1) is 0 Å². The highest BCUT2D eigenvalue weighted by molar-refractivity contribution is 7.89. The van der Waals surface area contributed by atoms with Gasteiger partial charge in [-0.25, -0.2) is 13.6 Å². The molecular weight excluding hydrogens is 296 g/mol. The third kappa shape index (κ3) is 3.59. The van der Waals surface area contributed by atoms with Crippen LogP contribution in [0.2, 0.25) is 0 Å². The highest BCUT2D eigenvalue weighted by Crippen LogP contribution is 2.30. The van der Waals surface area contributed by atoms with Crippen LogP contribution in [0.25, 0.3) is 0 Å². The zero-order chi connectivity index (χ0) is 15.6. The molecule has 1 amide bonds. The summed E-state index contributed by atoms with van der Waals surface area (Å²) in [6, 6.07) is 7.99. The molecule has 21 heavy (non-hydrogen) atoms. The van der Waals surface area contributed by atoms with Crippen molar-refractivity contribution < 1.29 is 23.1 Å². The zero-order valence-corrected chi connectivity index (χ0v) is 12.0. The van der Waals surface area contributed by atoms with Crippen molar-refractivity contribution in [2.75, 3.05) is 6.54 Å². The number of amides is 1. The molecule has 0 saturated carbocycles. The van der Waals surface area contributed by atoms with Crippen LogP contribution in [0.1, 0.15) is 24.4 Å². The number of carbonyl (C=O) groups is 2. The number of carboxylic acid groups (broad SMARTS) is 1. The molecule has 1 heterocycles. The van der Waals surface area contributed by atoms with Crippen molar-refractivity contribution in [2.45, 2.75) is 24.1 Å². The van der Waals surface area contributed by atoms with Gasteiger partial charge >= 0.3 is 5.97 Å². The lowest BCUT2D eigenvalue weighted by atomic mass is 10.0. The van der Waals surface area contributed by atoms with Gasteiger partial charge in [0, 0.05) is 13.0 Å². The molecule has 1 aromatic carbocycles. The summed E-state index contributed by atoms with van der Waals surface area (Å²) in [6.45, 7) is -0.0789. The van der Waals surface area contributed by atoms with Crippen molar-refractivity contribution in [2.24, 2.45) is 5.14 Å². The number of primary sulfonamides is 1. The number of nitrogens with two attached hydrogens (primary N) is 1. The summed E-state index contributed by atoms with van der Waals surface area (Å²) in [4.78, 5) is 24.4. The number of hydrogen-bond donors (Lipinski definition) is 2. The number of benzene rings is 1. The second kappa shape index (κ2) is 5.82. The average molecular weight is 312 g/mol. The minimum atomic E-state index is -3.82. The Morgan fingerprint density at radius 1 is 1.38 bits per heavy atom. The van der Waals surface area contributed by atoms with Gasteiger partial charge in [0.2, 0.25) is 15.9 Å². The fraction of sp³-hybridized carbons (Fsp3) is 0.385. The molecule has 1 aliphatic rings. The minimum Gasteiger partial charge on any atom is -0.481 e. The summed E-state index contributed by atoms with van der Waals surface area (Å²) in [7, 11) is -3.82. The SMILES string of the molecule is NS(=O)(=O)C1CC(=O)N(C(CC(=O)O)c2ccccc2)C1. The van der Waals surface area contributed by atoms with Gasteiger partial charge in [-0.1, -0.05) is 30.3 Å². The van der Waals surface area contributed by atoms with Gasteiger partial charge in [-0.2, -0.15) is 0 Å². The van der Waals surface area contributed by atoms with Crippen molar-refractivity contribution >= 4 is 21.9 Å². The smallest absolute Gasteiger partial charge is 0.305 e. The third-order valence-electron chi connectivity index (χ3n) is 3.52. The van der Waals surface area contributed by atoms with Crippen LogP contribution in [-0.2, 0) is 19.6 Å². The lowest BCUT2D eigenvalue weighted by Crippen LogP contribution is -2.35. The van der Waals surface area contributed by atoms with Gasteiger partial charge in [0.1, 0.15) is 5.25 Å². The largest absolute Gasteiger partial charge is 0.481 e. The van der Waals surface area contributed by atoms with Gasteiger partial charge < -0.3 is 10.0 Å². The number of hydrogen-bond acceptors (Lipinski definition) is 4. The molecule has 114 valence electrons. The van der Waals surface area contributed by atoms with E-state index >= 15 is 0 Å². The van der Waals surface area contributed by atoms with Crippen molar-refractivity contribution in [1.29, 1.82) is 0 Å². The Kier molecular flexibility index (Phi) is 4.29. The molecule has 8 heteroatoms. The van der Waals surface area contributed by atoms with Gasteiger partial charge in [0.15, 0.2) is 0 Å². The Morgan fingerprint density at radius 2 is 2.00 bits per heavy atom. The van der Waals surface area contributed by atoms with E-state index in [1.54, 1.807) is 30.3 Å². The first-order valence-electron chi connectivity index (χ1n) is 6.37. The maximum atomic E-state index is 12.0. The molecule has 0 radical (unpaired) electrons. The van der Waals surface area contributed by atoms with E-state index in [9.17, 15) is 18.0 Å². The summed E-state index contributed by atoms with van der Waals surface area (Å²) in [5.41, 5.74) is 0.656. The number of likely N-dealkylation sites (tertiary alicyclic amines) is 1. The normalized spacial score (nSPS) is 20.5. The molecule has 1 fully saturated rings. The predicted octanol–water partition coefficient (Wildman–Crippen LogP) is 0.0918. The van der Waals surface area contributed by atoms with E-state index in [2.05, 4.69) is 0 Å². The van der Waals surface area contributed by atoms with Crippen LogP contribution in [0.15, 0.2) is 30.3 Å². The number of nitrogens with zero attached hydrogens (tertiary/aromatic N) is 1. The topological polar surface area (TPSA) is 118 Å². The van der Waals surface area contributed by atoms with Crippen LogP contribution in [0.3, 0.4) is 0 Å². The lowest BCUT2D eigenvalue weighted by Gasteiger charge is -2.27. The third-order valence-corrected chi connectivity index (χ3v) is 4.76. The summed E-state index contributed by atoms with van der Waals surface area (Å²) >= 11 is 0. The fourth-order valence-corrected chi connectivity index (χ4v) is 3.21. The second-order valence-corrected chi connectivity index (χ2v) is 6.83. The van der Waals surface area contributed by atoms with Crippen LogP contribution in [0.4, 0.5) is 0 Å². The van der Waals surface area contributed by atoms with Crippen LogP contribution in [-0.4, -0.2) is 42.1 Å². The molecule has 3 N–H and O–H groups in total. The Hall–Kier alpha value is -1.93. The molecule has 1 aromatic rings. The highest BCUT2D eigenvalue weighted by Gasteiger charge is 2.40. The van der Waals surface area contributed by atoms with E-state index in [0.29, 0.717) is 5.56 Å². The highest BCUT2D eigenvalue weighted by atomic mass is 32.2. The van der Waals surface area contributed by atoms with E-state index < -0.39 is 33.2 Å². The van der Waals surface area contributed by atoms with Crippen molar-refractivity contribution in [3.05, 3.63) is 35.9 Å². The maximum Gasteiger partial charge on any atom is 0.305 e. The summed E-state index contributed by atoms with van der Waals surface area (Å²) in [5.74, 6) is -1.46. The van der Waals surface area contributed by atoms with Crippen molar-refractivity contribution in [3.8, 4) is 0 Å².